The van der Waals surface area contributed by atoms with Gasteiger partial charge in [0.25, 0.3) is 0 Å². The van der Waals surface area contributed by atoms with Crippen molar-refractivity contribution < 1.29 is 9.18 Å². The highest BCUT2D eigenvalue weighted by atomic mass is 19.1. The fraction of sp³-hybridized carbons (Fsp3) is 0.273. The van der Waals surface area contributed by atoms with Gasteiger partial charge in [-0.05, 0) is 63.8 Å². The van der Waals surface area contributed by atoms with E-state index in [1.165, 1.54) is 12.1 Å². The zero-order chi connectivity index (χ0) is 21.0. The summed E-state index contributed by atoms with van der Waals surface area (Å²) in [6.45, 7) is 4.24. The Kier molecular flexibility index (Phi) is 6.29. The number of para-hydroxylation sites is 2. The minimum atomic E-state index is -0.331. The predicted molar refractivity (Wildman–Crippen MR) is 113 cm³/mol. The highest BCUT2D eigenvalue weighted by Gasteiger charge is 2.17. The maximum atomic E-state index is 13.6. The Hall–Kier alpha value is -3.19. The third-order valence-electron chi connectivity index (χ3n) is 4.70. The topological polar surface area (TPSA) is 62.2 Å². The van der Waals surface area contributed by atoms with Crippen molar-refractivity contribution in [2.45, 2.75) is 19.9 Å². The fourth-order valence-electron chi connectivity index (χ4n) is 3.31. The Balaban J connectivity index is 1.72. The van der Waals surface area contributed by atoms with Gasteiger partial charge in [-0.15, -0.1) is 0 Å². The smallest absolute Gasteiger partial charge is 0.319 e. The van der Waals surface area contributed by atoms with Crippen molar-refractivity contribution in [1.29, 1.82) is 0 Å². The van der Waals surface area contributed by atoms with Crippen molar-refractivity contribution in [3.8, 4) is 5.69 Å². The number of halogens is 1. The molecule has 0 aliphatic heterocycles. The Labute approximate surface area is 170 Å². The largest absolute Gasteiger partial charge is 0.336 e. The molecule has 0 bridgehead atoms. The van der Waals surface area contributed by atoms with Crippen LogP contribution in [0.15, 0.2) is 54.6 Å². The lowest BCUT2D eigenvalue weighted by Gasteiger charge is -2.25. The van der Waals surface area contributed by atoms with Gasteiger partial charge in [0, 0.05) is 12.2 Å². The number of nitrogens with zero attached hydrogens (tertiary/aromatic N) is 3. The van der Waals surface area contributed by atoms with Crippen LogP contribution in [0.4, 0.5) is 14.9 Å². The lowest BCUT2D eigenvalue weighted by atomic mass is 10.1. The lowest BCUT2D eigenvalue weighted by Crippen LogP contribution is -2.37. The van der Waals surface area contributed by atoms with Gasteiger partial charge in [0.2, 0.25) is 0 Å². The van der Waals surface area contributed by atoms with E-state index in [-0.39, 0.29) is 17.9 Å². The number of benzene rings is 2. The first-order valence-electron chi connectivity index (χ1n) is 9.44. The van der Waals surface area contributed by atoms with Gasteiger partial charge < -0.3 is 15.5 Å². The third kappa shape index (κ3) is 5.00. The number of amides is 2. The van der Waals surface area contributed by atoms with E-state index in [2.05, 4.69) is 15.7 Å². The van der Waals surface area contributed by atoms with Crippen LogP contribution in [0, 0.1) is 19.7 Å². The van der Waals surface area contributed by atoms with E-state index >= 15 is 0 Å². The summed E-state index contributed by atoms with van der Waals surface area (Å²) in [5.41, 5.74) is 4.14. The minimum absolute atomic E-state index is 0.150. The molecule has 0 saturated heterocycles. The number of urea groups is 1. The molecule has 1 aromatic heterocycles. The molecule has 0 saturated carbocycles. The Bertz CT molecular complexity index is 998. The number of rotatable bonds is 6. The number of anilines is 1. The number of aryl methyl sites for hydroxylation is 2. The van der Waals surface area contributed by atoms with Crippen LogP contribution in [0.5, 0.6) is 0 Å². The van der Waals surface area contributed by atoms with E-state index < -0.39 is 0 Å². The molecule has 3 rings (SSSR count). The summed E-state index contributed by atoms with van der Waals surface area (Å²) in [7, 11) is 3.79. The molecule has 0 radical (unpaired) electrons. The maximum absolute atomic E-state index is 13.6. The van der Waals surface area contributed by atoms with E-state index in [4.69, 9.17) is 0 Å². The standard InChI is InChI=1S/C22H26FN5O/c1-15-12-16(2)28(26-15)20-11-6-5-10-19(20)25-22(29)24-14-21(27(3)4)17-8-7-9-18(23)13-17/h5-13,21H,14H2,1-4H3,(H2,24,25,29). The summed E-state index contributed by atoms with van der Waals surface area (Å²) >= 11 is 0. The van der Waals surface area contributed by atoms with Crippen molar-refractivity contribution in [3.05, 3.63) is 77.4 Å². The minimum Gasteiger partial charge on any atom is -0.336 e. The number of carbonyl (C=O) groups excluding carboxylic acids is 1. The van der Waals surface area contributed by atoms with Crippen LogP contribution in [-0.4, -0.2) is 41.4 Å². The van der Waals surface area contributed by atoms with Crippen LogP contribution in [0.2, 0.25) is 0 Å². The fourth-order valence-corrected chi connectivity index (χ4v) is 3.31. The monoisotopic (exact) mass is 395 g/mol. The molecule has 0 fully saturated rings. The van der Waals surface area contributed by atoms with Gasteiger partial charge in [0.15, 0.2) is 0 Å². The van der Waals surface area contributed by atoms with Crippen molar-refractivity contribution in [1.82, 2.24) is 20.0 Å². The molecular weight excluding hydrogens is 369 g/mol. The third-order valence-corrected chi connectivity index (χ3v) is 4.70. The normalized spacial score (nSPS) is 12.1. The molecule has 29 heavy (non-hydrogen) atoms. The summed E-state index contributed by atoms with van der Waals surface area (Å²) in [5, 5.41) is 10.3. The second-order valence-corrected chi connectivity index (χ2v) is 7.23. The first-order chi connectivity index (χ1) is 13.8. The molecule has 2 N–H and O–H groups in total. The van der Waals surface area contributed by atoms with E-state index in [0.717, 1.165) is 22.6 Å². The highest BCUT2D eigenvalue weighted by Crippen LogP contribution is 2.22. The predicted octanol–water partition coefficient (Wildman–Crippen LogP) is 4.05. The van der Waals surface area contributed by atoms with Gasteiger partial charge in [-0.2, -0.15) is 5.10 Å². The zero-order valence-corrected chi connectivity index (χ0v) is 17.1. The van der Waals surface area contributed by atoms with Gasteiger partial charge in [-0.1, -0.05) is 24.3 Å². The van der Waals surface area contributed by atoms with Crippen LogP contribution < -0.4 is 10.6 Å². The number of likely N-dealkylation sites (N-methyl/N-ethyl adjacent to an activating group) is 1. The van der Waals surface area contributed by atoms with Gasteiger partial charge >= 0.3 is 6.03 Å². The molecule has 1 heterocycles. The molecule has 6 nitrogen and oxygen atoms in total. The van der Waals surface area contributed by atoms with Gasteiger partial charge in [-0.25, -0.2) is 13.9 Å². The molecular formula is C22H26FN5O. The first-order valence-corrected chi connectivity index (χ1v) is 9.44. The SMILES string of the molecule is Cc1cc(C)n(-c2ccccc2NC(=O)NCC(c2cccc(F)c2)N(C)C)n1. The average molecular weight is 395 g/mol. The van der Waals surface area contributed by atoms with Gasteiger partial charge in [-0.3, -0.25) is 0 Å². The number of hydrogen-bond acceptors (Lipinski definition) is 3. The summed E-state index contributed by atoms with van der Waals surface area (Å²) in [5.74, 6) is -0.294. The molecule has 3 aromatic rings. The quantitative estimate of drug-likeness (QED) is 0.662. The summed E-state index contributed by atoms with van der Waals surface area (Å²) < 4.78 is 15.4. The van der Waals surface area contributed by atoms with Crippen LogP contribution in [0.25, 0.3) is 5.69 Å². The molecule has 2 amide bonds. The second kappa shape index (κ2) is 8.87. The van der Waals surface area contributed by atoms with E-state index in [9.17, 15) is 9.18 Å². The summed E-state index contributed by atoms with van der Waals surface area (Å²) in [6, 6.07) is 15.4. The molecule has 1 atom stereocenters. The van der Waals surface area contributed by atoms with Crippen molar-refractivity contribution >= 4 is 11.7 Å². The molecule has 2 aromatic carbocycles. The molecule has 1 unspecified atom stereocenters. The summed E-state index contributed by atoms with van der Waals surface area (Å²) in [6.07, 6.45) is 0. The number of nitrogens with one attached hydrogen (secondary N) is 2. The summed E-state index contributed by atoms with van der Waals surface area (Å²) in [4.78, 5) is 14.5. The zero-order valence-electron chi connectivity index (χ0n) is 17.1. The highest BCUT2D eigenvalue weighted by molar-refractivity contribution is 5.91. The Morgan fingerprint density at radius 1 is 1.14 bits per heavy atom. The number of hydrogen-bond donors (Lipinski definition) is 2. The Morgan fingerprint density at radius 3 is 2.55 bits per heavy atom. The van der Waals surface area contributed by atoms with Crippen LogP contribution >= 0.6 is 0 Å². The van der Waals surface area contributed by atoms with Gasteiger partial charge in [0.05, 0.1) is 23.1 Å². The number of carbonyl (C=O) groups is 1. The van der Waals surface area contributed by atoms with Crippen molar-refractivity contribution in [3.63, 3.8) is 0 Å². The lowest BCUT2D eigenvalue weighted by molar-refractivity contribution is 0.243. The van der Waals surface area contributed by atoms with E-state index in [1.54, 1.807) is 10.7 Å². The van der Waals surface area contributed by atoms with E-state index in [0.29, 0.717) is 12.2 Å². The molecule has 0 spiro atoms. The van der Waals surface area contributed by atoms with Crippen LogP contribution in [-0.2, 0) is 0 Å². The second-order valence-electron chi connectivity index (χ2n) is 7.23. The van der Waals surface area contributed by atoms with Crippen LogP contribution in [0.1, 0.15) is 23.0 Å². The molecule has 0 aliphatic rings. The van der Waals surface area contributed by atoms with E-state index in [1.807, 2.05) is 69.2 Å². The van der Waals surface area contributed by atoms with Crippen molar-refractivity contribution in [2.24, 2.45) is 0 Å². The molecule has 152 valence electrons. The number of aromatic nitrogens is 2. The average Bonchev–Trinajstić information content (AvgIpc) is 3.00. The molecule has 7 heteroatoms. The Morgan fingerprint density at radius 2 is 1.90 bits per heavy atom. The maximum Gasteiger partial charge on any atom is 0.319 e. The van der Waals surface area contributed by atoms with Crippen molar-refractivity contribution in [2.75, 3.05) is 26.0 Å². The van der Waals surface area contributed by atoms with Crippen LogP contribution in [0.3, 0.4) is 0 Å². The first kappa shape index (κ1) is 20.5. The van der Waals surface area contributed by atoms with Gasteiger partial charge in [0.1, 0.15) is 5.82 Å². The molecule has 0 aliphatic carbocycles.